The van der Waals surface area contributed by atoms with E-state index in [4.69, 9.17) is 9.47 Å². The number of hydrogen-bond donors (Lipinski definition) is 1. The van der Waals surface area contributed by atoms with Gasteiger partial charge in [0.1, 0.15) is 6.61 Å². The Morgan fingerprint density at radius 2 is 1.78 bits per heavy atom. The van der Waals surface area contributed by atoms with Gasteiger partial charge in [0, 0.05) is 6.54 Å². The highest BCUT2D eigenvalue weighted by molar-refractivity contribution is 5.43. The third-order valence-corrected chi connectivity index (χ3v) is 3.70. The highest BCUT2D eigenvalue weighted by atomic mass is 16.5. The fraction of sp³-hybridized carbons (Fsp3) is 0.600. The maximum absolute atomic E-state index is 5.67. The highest BCUT2D eigenvalue weighted by Crippen LogP contribution is 2.28. The normalized spacial score (nSPS) is 10.5. The number of benzene rings is 1. The van der Waals surface area contributed by atoms with Crippen molar-refractivity contribution in [2.75, 3.05) is 19.8 Å². The number of rotatable bonds is 14. The van der Waals surface area contributed by atoms with Gasteiger partial charge in [0.15, 0.2) is 11.5 Å². The minimum atomic E-state index is 0.496. The van der Waals surface area contributed by atoms with Gasteiger partial charge in [-0.15, -0.1) is 0 Å². The molecular weight excluding hydrogens is 286 g/mol. The van der Waals surface area contributed by atoms with Crippen molar-refractivity contribution in [3.63, 3.8) is 0 Å². The lowest BCUT2D eigenvalue weighted by Crippen LogP contribution is -2.14. The maximum atomic E-state index is 5.67. The minimum absolute atomic E-state index is 0.496. The SMILES string of the molecule is C=CCOc1ccc(CNCCCCCCCC)cc1OCC. The number of ether oxygens (including phenoxy) is 2. The second-order valence-corrected chi connectivity index (χ2v) is 5.76. The van der Waals surface area contributed by atoms with Gasteiger partial charge < -0.3 is 14.8 Å². The van der Waals surface area contributed by atoms with Gasteiger partial charge in [0.2, 0.25) is 0 Å². The zero-order valence-corrected chi connectivity index (χ0v) is 14.9. The van der Waals surface area contributed by atoms with Crippen LogP contribution in [0.15, 0.2) is 30.9 Å². The van der Waals surface area contributed by atoms with Crippen LogP contribution in [0.4, 0.5) is 0 Å². The largest absolute Gasteiger partial charge is 0.490 e. The fourth-order valence-electron chi connectivity index (χ4n) is 2.46. The van der Waals surface area contributed by atoms with E-state index in [2.05, 4.69) is 31.0 Å². The predicted molar refractivity (Wildman–Crippen MR) is 98.4 cm³/mol. The molecule has 3 nitrogen and oxygen atoms in total. The van der Waals surface area contributed by atoms with E-state index in [-0.39, 0.29) is 0 Å². The van der Waals surface area contributed by atoms with Crippen LogP contribution in [-0.4, -0.2) is 19.8 Å². The van der Waals surface area contributed by atoms with Crippen molar-refractivity contribution >= 4 is 0 Å². The first kappa shape index (κ1) is 19.6. The lowest BCUT2D eigenvalue weighted by molar-refractivity contribution is 0.296. The molecular formula is C20H33NO2. The summed E-state index contributed by atoms with van der Waals surface area (Å²) < 4.78 is 11.3. The van der Waals surface area contributed by atoms with Crippen molar-refractivity contribution in [3.05, 3.63) is 36.4 Å². The van der Waals surface area contributed by atoms with Crippen molar-refractivity contribution in [2.24, 2.45) is 0 Å². The Morgan fingerprint density at radius 1 is 1.00 bits per heavy atom. The molecule has 0 unspecified atom stereocenters. The van der Waals surface area contributed by atoms with Gasteiger partial charge in [-0.1, -0.05) is 57.7 Å². The molecule has 0 spiro atoms. The topological polar surface area (TPSA) is 30.5 Å². The first-order chi connectivity index (χ1) is 11.3. The van der Waals surface area contributed by atoms with Crippen LogP contribution in [0.5, 0.6) is 11.5 Å². The van der Waals surface area contributed by atoms with E-state index >= 15 is 0 Å². The van der Waals surface area contributed by atoms with E-state index in [0.29, 0.717) is 13.2 Å². The van der Waals surface area contributed by atoms with Crippen LogP contribution in [0, 0.1) is 0 Å². The molecule has 1 rings (SSSR count). The first-order valence-corrected chi connectivity index (χ1v) is 9.02. The second kappa shape index (κ2) is 13.0. The number of unbranched alkanes of at least 4 members (excludes halogenated alkanes) is 5. The van der Waals surface area contributed by atoms with Gasteiger partial charge in [0.05, 0.1) is 6.61 Å². The lowest BCUT2D eigenvalue weighted by atomic mass is 10.1. The molecule has 0 amide bonds. The monoisotopic (exact) mass is 319 g/mol. The summed E-state index contributed by atoms with van der Waals surface area (Å²) >= 11 is 0. The summed E-state index contributed by atoms with van der Waals surface area (Å²) in [6, 6.07) is 6.14. The Balaban J connectivity index is 2.33. The third-order valence-electron chi connectivity index (χ3n) is 3.70. The van der Waals surface area contributed by atoms with Crippen molar-refractivity contribution in [1.82, 2.24) is 5.32 Å². The van der Waals surface area contributed by atoms with Gasteiger partial charge in [-0.3, -0.25) is 0 Å². The molecule has 0 fully saturated rings. The van der Waals surface area contributed by atoms with Crippen LogP contribution in [0.3, 0.4) is 0 Å². The van der Waals surface area contributed by atoms with Crippen molar-refractivity contribution < 1.29 is 9.47 Å². The molecule has 0 radical (unpaired) electrons. The van der Waals surface area contributed by atoms with Gasteiger partial charge in [-0.2, -0.15) is 0 Å². The van der Waals surface area contributed by atoms with Gasteiger partial charge in [0.25, 0.3) is 0 Å². The molecule has 0 aliphatic heterocycles. The molecule has 0 aliphatic carbocycles. The zero-order valence-electron chi connectivity index (χ0n) is 14.9. The Bertz CT molecular complexity index is 432. The van der Waals surface area contributed by atoms with E-state index < -0.39 is 0 Å². The summed E-state index contributed by atoms with van der Waals surface area (Å²) in [5, 5.41) is 3.51. The van der Waals surface area contributed by atoms with Crippen LogP contribution in [0.1, 0.15) is 57.9 Å². The smallest absolute Gasteiger partial charge is 0.161 e. The van der Waals surface area contributed by atoms with Gasteiger partial charge >= 0.3 is 0 Å². The maximum Gasteiger partial charge on any atom is 0.161 e. The molecule has 0 bridgehead atoms. The van der Waals surface area contributed by atoms with Gasteiger partial charge in [-0.25, -0.2) is 0 Å². The average molecular weight is 319 g/mol. The van der Waals surface area contributed by atoms with Crippen LogP contribution in [0.25, 0.3) is 0 Å². The molecule has 23 heavy (non-hydrogen) atoms. The third kappa shape index (κ3) is 8.65. The molecule has 0 atom stereocenters. The Labute approximate surface area is 142 Å². The molecule has 3 heteroatoms. The number of hydrogen-bond acceptors (Lipinski definition) is 3. The van der Waals surface area contributed by atoms with Crippen LogP contribution in [-0.2, 0) is 6.54 Å². The molecule has 1 aromatic rings. The van der Waals surface area contributed by atoms with E-state index in [9.17, 15) is 0 Å². The van der Waals surface area contributed by atoms with E-state index in [1.54, 1.807) is 6.08 Å². The molecule has 0 aliphatic rings. The van der Waals surface area contributed by atoms with Crippen molar-refractivity contribution in [2.45, 2.75) is 58.9 Å². The molecule has 0 heterocycles. The standard InChI is InChI=1S/C20H33NO2/c1-4-7-8-9-10-11-14-21-17-18-12-13-19(23-15-5-2)20(16-18)22-6-3/h5,12-13,16,21H,2,4,6-11,14-15,17H2,1,3H3. The Hall–Kier alpha value is -1.48. The summed E-state index contributed by atoms with van der Waals surface area (Å²) in [6.45, 7) is 11.0. The molecule has 1 aromatic carbocycles. The molecule has 0 aromatic heterocycles. The quantitative estimate of drug-likeness (QED) is 0.382. The predicted octanol–water partition coefficient (Wildman–Crippen LogP) is 5.10. The summed E-state index contributed by atoms with van der Waals surface area (Å²) in [5.41, 5.74) is 1.23. The second-order valence-electron chi connectivity index (χ2n) is 5.76. The summed E-state index contributed by atoms with van der Waals surface area (Å²) in [7, 11) is 0. The van der Waals surface area contributed by atoms with Crippen LogP contribution < -0.4 is 14.8 Å². The first-order valence-electron chi connectivity index (χ1n) is 9.02. The molecule has 1 N–H and O–H groups in total. The van der Waals surface area contributed by atoms with Gasteiger partial charge in [-0.05, 0) is 37.6 Å². The zero-order chi connectivity index (χ0) is 16.8. The van der Waals surface area contributed by atoms with E-state index in [1.807, 2.05) is 13.0 Å². The van der Waals surface area contributed by atoms with E-state index in [1.165, 1.54) is 44.1 Å². The van der Waals surface area contributed by atoms with Crippen molar-refractivity contribution in [3.8, 4) is 11.5 Å². The molecule has 130 valence electrons. The molecule has 0 saturated heterocycles. The summed E-state index contributed by atoms with van der Waals surface area (Å²) in [6.07, 6.45) is 9.74. The summed E-state index contributed by atoms with van der Waals surface area (Å²) in [5.74, 6) is 1.60. The van der Waals surface area contributed by atoms with Crippen molar-refractivity contribution in [1.29, 1.82) is 0 Å². The fourth-order valence-corrected chi connectivity index (χ4v) is 2.46. The average Bonchev–Trinajstić information content (AvgIpc) is 2.57. The van der Waals surface area contributed by atoms with E-state index in [0.717, 1.165) is 24.6 Å². The Morgan fingerprint density at radius 3 is 2.52 bits per heavy atom. The molecule has 0 saturated carbocycles. The van der Waals surface area contributed by atoms with Crippen LogP contribution >= 0.6 is 0 Å². The Kier molecular flexibility index (Phi) is 11.1. The minimum Gasteiger partial charge on any atom is -0.490 e. The highest BCUT2D eigenvalue weighted by Gasteiger charge is 2.06. The number of nitrogens with one attached hydrogen (secondary N) is 1. The van der Waals surface area contributed by atoms with Crippen LogP contribution in [0.2, 0.25) is 0 Å². The lowest BCUT2D eigenvalue weighted by Gasteiger charge is -2.13. The summed E-state index contributed by atoms with van der Waals surface area (Å²) in [4.78, 5) is 0.